The molecule has 0 aromatic rings. The number of ether oxygens (including phenoxy) is 1. The summed E-state index contributed by atoms with van der Waals surface area (Å²) >= 11 is 0. The Kier molecular flexibility index (Phi) is 2.88. The summed E-state index contributed by atoms with van der Waals surface area (Å²) in [6.45, 7) is 0.669. The van der Waals surface area contributed by atoms with Crippen LogP contribution in [0.4, 0.5) is 0 Å². The first-order valence-electron chi connectivity index (χ1n) is 7.21. The van der Waals surface area contributed by atoms with Crippen molar-refractivity contribution in [2.75, 3.05) is 6.61 Å². The predicted molar refractivity (Wildman–Crippen MR) is 75.2 cm³/mol. The highest BCUT2D eigenvalue weighted by Crippen LogP contribution is 2.61. The highest BCUT2D eigenvalue weighted by molar-refractivity contribution is 8.93. The van der Waals surface area contributed by atoms with E-state index >= 15 is 0 Å². The summed E-state index contributed by atoms with van der Waals surface area (Å²) in [7, 11) is 3.26. The average Bonchev–Trinajstić information content (AvgIpc) is 3.09. The standard InChI is InChI=1S/C14H20O2S2/c15-12(13-17-18-13)16-2-1-14-6-9-3-10(7-14)5-11(4-9)8-14/h9-11,13H,1-8H2. The van der Waals surface area contributed by atoms with Crippen LogP contribution in [0.15, 0.2) is 0 Å². The van der Waals surface area contributed by atoms with Gasteiger partial charge in [-0.3, -0.25) is 0 Å². The van der Waals surface area contributed by atoms with Gasteiger partial charge in [-0.05, 0) is 68.1 Å². The van der Waals surface area contributed by atoms with Crippen LogP contribution in [-0.2, 0) is 9.53 Å². The summed E-state index contributed by atoms with van der Waals surface area (Å²) in [5.41, 5.74) is 0.554. The molecular weight excluding hydrogens is 264 g/mol. The van der Waals surface area contributed by atoms with Gasteiger partial charge >= 0.3 is 5.97 Å². The Labute approximate surface area is 116 Å². The maximum atomic E-state index is 11.5. The third-order valence-corrected chi connectivity index (χ3v) is 7.35. The lowest BCUT2D eigenvalue weighted by Gasteiger charge is -2.57. The second kappa shape index (κ2) is 4.34. The van der Waals surface area contributed by atoms with Crippen molar-refractivity contribution < 1.29 is 9.53 Å². The van der Waals surface area contributed by atoms with Crippen LogP contribution in [-0.4, -0.2) is 17.2 Å². The van der Waals surface area contributed by atoms with Gasteiger partial charge in [0.25, 0.3) is 0 Å². The van der Waals surface area contributed by atoms with Gasteiger partial charge in [-0.15, -0.1) is 0 Å². The average molecular weight is 284 g/mol. The summed E-state index contributed by atoms with van der Waals surface area (Å²) in [4.78, 5) is 11.5. The van der Waals surface area contributed by atoms with Gasteiger partial charge < -0.3 is 4.74 Å². The number of esters is 1. The lowest BCUT2D eigenvalue weighted by atomic mass is 9.49. The zero-order valence-corrected chi connectivity index (χ0v) is 12.2. The Morgan fingerprint density at radius 3 is 2.11 bits per heavy atom. The van der Waals surface area contributed by atoms with Crippen molar-refractivity contribution in [3.8, 4) is 0 Å². The van der Waals surface area contributed by atoms with E-state index in [1.807, 2.05) is 0 Å². The summed E-state index contributed by atoms with van der Waals surface area (Å²) in [6.07, 6.45) is 9.87. The predicted octanol–water partition coefficient (Wildman–Crippen LogP) is 3.86. The minimum atomic E-state index is 0.00901. The third-order valence-electron chi connectivity index (χ3n) is 5.43. The van der Waals surface area contributed by atoms with Crippen molar-refractivity contribution in [2.24, 2.45) is 23.2 Å². The molecule has 0 atom stereocenters. The Morgan fingerprint density at radius 2 is 1.61 bits per heavy atom. The van der Waals surface area contributed by atoms with Crippen LogP contribution in [0.25, 0.3) is 0 Å². The molecule has 4 saturated carbocycles. The van der Waals surface area contributed by atoms with Crippen molar-refractivity contribution in [1.29, 1.82) is 0 Å². The van der Waals surface area contributed by atoms with Gasteiger partial charge in [-0.1, -0.05) is 21.6 Å². The first-order valence-corrected chi connectivity index (χ1v) is 9.49. The summed E-state index contributed by atoms with van der Waals surface area (Å²) in [6, 6.07) is 0. The Morgan fingerprint density at radius 1 is 1.06 bits per heavy atom. The van der Waals surface area contributed by atoms with E-state index in [0.717, 1.165) is 24.2 Å². The number of carbonyl (C=O) groups is 1. The molecule has 1 saturated heterocycles. The molecule has 5 fully saturated rings. The van der Waals surface area contributed by atoms with E-state index < -0.39 is 0 Å². The van der Waals surface area contributed by atoms with E-state index in [4.69, 9.17) is 4.74 Å². The monoisotopic (exact) mass is 284 g/mol. The first kappa shape index (κ1) is 12.0. The second-order valence-electron chi connectivity index (χ2n) is 6.86. The number of carbonyl (C=O) groups excluding carboxylic acids is 1. The molecule has 4 bridgehead atoms. The molecule has 0 amide bonds. The zero-order valence-electron chi connectivity index (χ0n) is 10.6. The minimum Gasteiger partial charge on any atom is -0.464 e. The molecule has 4 aliphatic carbocycles. The van der Waals surface area contributed by atoms with E-state index in [9.17, 15) is 4.79 Å². The van der Waals surface area contributed by atoms with Gasteiger partial charge in [0.15, 0.2) is 4.58 Å². The minimum absolute atomic E-state index is 0.00901. The molecule has 0 radical (unpaired) electrons. The molecule has 1 heterocycles. The SMILES string of the molecule is O=C(OCCC12CC3CC(CC(C3)C1)C2)C1SS1. The molecule has 0 spiro atoms. The molecule has 4 heteroatoms. The van der Waals surface area contributed by atoms with E-state index in [0.29, 0.717) is 12.0 Å². The number of hydrogen-bond donors (Lipinski definition) is 0. The summed E-state index contributed by atoms with van der Waals surface area (Å²) < 4.78 is 5.52. The molecule has 0 aromatic heterocycles. The normalized spacial score (nSPS) is 45.2. The van der Waals surface area contributed by atoms with Crippen LogP contribution in [0.5, 0.6) is 0 Å². The maximum absolute atomic E-state index is 11.5. The van der Waals surface area contributed by atoms with E-state index in [1.165, 1.54) is 38.5 Å². The Bertz CT molecular complexity index is 330. The molecule has 5 aliphatic rings. The fourth-order valence-electron chi connectivity index (χ4n) is 5.14. The van der Waals surface area contributed by atoms with E-state index in [2.05, 4.69) is 0 Å². The molecular formula is C14H20O2S2. The fraction of sp³-hybridized carbons (Fsp3) is 0.929. The van der Waals surface area contributed by atoms with Gasteiger partial charge in [0.2, 0.25) is 0 Å². The second-order valence-corrected chi connectivity index (χ2v) is 9.64. The lowest BCUT2D eigenvalue weighted by molar-refractivity contribution is -0.143. The zero-order chi connectivity index (χ0) is 12.2. The van der Waals surface area contributed by atoms with Crippen molar-refractivity contribution in [2.45, 2.75) is 49.5 Å². The quantitative estimate of drug-likeness (QED) is 0.445. The highest BCUT2D eigenvalue weighted by Gasteiger charge is 2.50. The van der Waals surface area contributed by atoms with Crippen LogP contribution in [0, 0.1) is 23.2 Å². The summed E-state index contributed by atoms with van der Waals surface area (Å²) in [5, 5.41) is 0. The summed E-state index contributed by atoms with van der Waals surface area (Å²) in [5.74, 6) is 3.01. The van der Waals surface area contributed by atoms with Gasteiger partial charge in [-0.25, -0.2) is 4.79 Å². The smallest absolute Gasteiger partial charge is 0.331 e. The molecule has 2 nitrogen and oxygen atoms in total. The molecule has 1 aliphatic heterocycles. The van der Waals surface area contributed by atoms with Gasteiger partial charge in [0.1, 0.15) is 0 Å². The highest BCUT2D eigenvalue weighted by atomic mass is 33.2. The van der Waals surface area contributed by atoms with Crippen LogP contribution >= 0.6 is 21.6 Å². The van der Waals surface area contributed by atoms with Crippen LogP contribution in [0.3, 0.4) is 0 Å². The lowest BCUT2D eigenvalue weighted by Crippen LogP contribution is -2.46. The molecule has 5 rings (SSSR count). The van der Waals surface area contributed by atoms with Crippen LogP contribution in [0.2, 0.25) is 0 Å². The van der Waals surface area contributed by atoms with Crippen molar-refractivity contribution in [3.63, 3.8) is 0 Å². The van der Waals surface area contributed by atoms with Crippen molar-refractivity contribution in [1.82, 2.24) is 0 Å². The van der Waals surface area contributed by atoms with Crippen LogP contribution < -0.4 is 0 Å². The Hall–Kier alpha value is 0.170. The number of hydrogen-bond acceptors (Lipinski definition) is 4. The fourth-order valence-corrected chi connectivity index (χ4v) is 6.13. The molecule has 18 heavy (non-hydrogen) atoms. The largest absolute Gasteiger partial charge is 0.464 e. The topological polar surface area (TPSA) is 26.3 Å². The molecule has 0 unspecified atom stereocenters. The first-order chi connectivity index (χ1) is 8.72. The van der Waals surface area contributed by atoms with Gasteiger partial charge in [-0.2, -0.15) is 0 Å². The number of rotatable bonds is 4. The maximum Gasteiger partial charge on any atom is 0.331 e. The van der Waals surface area contributed by atoms with Crippen LogP contribution in [0.1, 0.15) is 44.9 Å². The van der Waals surface area contributed by atoms with Crippen molar-refractivity contribution >= 4 is 27.6 Å². The Balaban J connectivity index is 1.34. The van der Waals surface area contributed by atoms with E-state index in [-0.39, 0.29) is 10.6 Å². The molecule has 100 valence electrons. The molecule has 0 N–H and O–H groups in total. The van der Waals surface area contributed by atoms with Gasteiger partial charge in [0.05, 0.1) is 6.61 Å². The van der Waals surface area contributed by atoms with E-state index in [1.54, 1.807) is 21.6 Å². The van der Waals surface area contributed by atoms with Gasteiger partial charge in [0, 0.05) is 0 Å². The third kappa shape index (κ3) is 2.20. The van der Waals surface area contributed by atoms with Crippen molar-refractivity contribution in [3.05, 3.63) is 0 Å². The molecule has 0 aromatic carbocycles.